The van der Waals surface area contributed by atoms with Crippen molar-refractivity contribution in [2.75, 3.05) is 12.4 Å². The Morgan fingerprint density at radius 3 is 2.72 bits per heavy atom. The number of nitrogens with two attached hydrogens (primary N) is 1. The number of hydrogen-bond donors (Lipinski definition) is 2. The molecule has 1 amide bonds. The summed E-state index contributed by atoms with van der Waals surface area (Å²) in [7, 11) is 1.55. The highest BCUT2D eigenvalue weighted by Crippen LogP contribution is 2.54. The number of ketones is 1. The van der Waals surface area contributed by atoms with E-state index in [9.17, 15) is 9.59 Å². The molecular formula is C23H26N6O3. The third-order valence-corrected chi connectivity index (χ3v) is 5.87. The quantitative estimate of drug-likeness (QED) is 0.496. The summed E-state index contributed by atoms with van der Waals surface area (Å²) in [5, 5.41) is 7.76. The Labute approximate surface area is 186 Å². The number of methoxy groups -OCH3 is 1. The van der Waals surface area contributed by atoms with Crippen LogP contribution >= 0.6 is 0 Å². The van der Waals surface area contributed by atoms with E-state index in [1.165, 1.54) is 0 Å². The molecule has 2 aromatic heterocycles. The van der Waals surface area contributed by atoms with E-state index in [4.69, 9.17) is 10.5 Å². The van der Waals surface area contributed by atoms with Crippen LogP contribution in [0.4, 0.5) is 5.69 Å². The summed E-state index contributed by atoms with van der Waals surface area (Å²) in [6.45, 7) is 4.48. The maximum absolute atomic E-state index is 12.6. The first-order valence-electron chi connectivity index (χ1n) is 10.6. The van der Waals surface area contributed by atoms with Gasteiger partial charge in [0.25, 0.3) is 0 Å². The molecule has 4 rings (SSSR count). The third-order valence-electron chi connectivity index (χ3n) is 5.87. The van der Waals surface area contributed by atoms with Crippen molar-refractivity contribution in [2.45, 2.75) is 44.7 Å². The van der Waals surface area contributed by atoms with E-state index in [2.05, 4.69) is 20.4 Å². The second-order valence-electron chi connectivity index (χ2n) is 7.74. The summed E-state index contributed by atoms with van der Waals surface area (Å²) in [6, 6.07) is 8.98. The van der Waals surface area contributed by atoms with Gasteiger partial charge in [0.1, 0.15) is 11.9 Å². The molecule has 0 bridgehead atoms. The van der Waals surface area contributed by atoms with E-state index in [0.29, 0.717) is 53.5 Å². The van der Waals surface area contributed by atoms with E-state index in [1.807, 2.05) is 25.1 Å². The molecule has 2 heterocycles. The Morgan fingerprint density at radius 1 is 1.25 bits per heavy atom. The summed E-state index contributed by atoms with van der Waals surface area (Å²) in [6.07, 6.45) is 4.07. The van der Waals surface area contributed by atoms with Gasteiger partial charge in [-0.15, -0.1) is 0 Å². The van der Waals surface area contributed by atoms with Gasteiger partial charge in [-0.2, -0.15) is 5.10 Å². The fourth-order valence-electron chi connectivity index (χ4n) is 4.03. The number of nitrogens with zero attached hydrogens (tertiary/aromatic N) is 4. The molecule has 1 aliphatic rings. The van der Waals surface area contributed by atoms with Crippen molar-refractivity contribution in [1.29, 1.82) is 0 Å². The van der Waals surface area contributed by atoms with Crippen molar-refractivity contribution in [3.63, 3.8) is 0 Å². The summed E-state index contributed by atoms with van der Waals surface area (Å²) >= 11 is 0. The molecule has 9 heteroatoms. The molecule has 0 aliphatic heterocycles. The van der Waals surface area contributed by atoms with Crippen LogP contribution in [0.25, 0.3) is 11.4 Å². The minimum Gasteiger partial charge on any atom is -0.494 e. The molecule has 2 atom stereocenters. The molecule has 3 aromatic rings. The highest BCUT2D eigenvalue weighted by molar-refractivity contribution is 5.99. The van der Waals surface area contributed by atoms with Crippen LogP contribution in [0.15, 0.2) is 42.9 Å². The standard InChI is InChI=1S/C23H26N6O3/c1-4-18(30)14-9-7-11-25-19(14)16-12-23(16,22(24)31)27-17-10-6-8-15(20(17)32-3)21-26-13-29(5-2)28-21/h6-11,13,16,27H,4-5,12H2,1-3H3,(H2,24,31). The number of aryl methyl sites for hydroxylation is 1. The fourth-order valence-corrected chi connectivity index (χ4v) is 4.03. The number of benzene rings is 1. The molecule has 1 saturated carbocycles. The molecule has 1 fully saturated rings. The van der Waals surface area contributed by atoms with Gasteiger partial charge in [0.05, 0.1) is 24.1 Å². The van der Waals surface area contributed by atoms with Crippen LogP contribution in [0.2, 0.25) is 0 Å². The van der Waals surface area contributed by atoms with Crippen molar-refractivity contribution in [1.82, 2.24) is 19.7 Å². The highest BCUT2D eigenvalue weighted by Gasteiger charge is 2.61. The number of primary amides is 1. The number of anilines is 1. The molecule has 9 nitrogen and oxygen atoms in total. The monoisotopic (exact) mass is 434 g/mol. The molecule has 0 spiro atoms. The number of pyridine rings is 1. The third kappa shape index (κ3) is 3.59. The average Bonchev–Trinajstić information content (AvgIpc) is 3.34. The molecule has 1 aromatic carbocycles. The van der Waals surface area contributed by atoms with Gasteiger partial charge in [-0.05, 0) is 37.6 Å². The Morgan fingerprint density at radius 2 is 2.06 bits per heavy atom. The second-order valence-corrected chi connectivity index (χ2v) is 7.74. The van der Waals surface area contributed by atoms with E-state index < -0.39 is 11.4 Å². The zero-order chi connectivity index (χ0) is 22.9. The number of rotatable bonds is 9. The minimum absolute atomic E-state index is 0.0180. The zero-order valence-electron chi connectivity index (χ0n) is 18.3. The molecule has 1 aliphatic carbocycles. The normalized spacial score (nSPS) is 19.4. The lowest BCUT2D eigenvalue weighted by Gasteiger charge is -2.21. The number of ether oxygens (including phenoxy) is 1. The summed E-state index contributed by atoms with van der Waals surface area (Å²) in [5.74, 6) is 0.184. The van der Waals surface area contributed by atoms with Crippen LogP contribution in [-0.2, 0) is 11.3 Å². The van der Waals surface area contributed by atoms with Crippen LogP contribution in [-0.4, -0.2) is 44.1 Å². The van der Waals surface area contributed by atoms with Gasteiger partial charge in [0.15, 0.2) is 17.4 Å². The van der Waals surface area contributed by atoms with E-state index in [0.717, 1.165) is 0 Å². The van der Waals surface area contributed by atoms with Crippen molar-refractivity contribution < 1.29 is 14.3 Å². The first-order chi connectivity index (χ1) is 15.4. The number of amides is 1. The van der Waals surface area contributed by atoms with Gasteiger partial charge in [-0.3, -0.25) is 19.3 Å². The van der Waals surface area contributed by atoms with Gasteiger partial charge < -0.3 is 15.8 Å². The van der Waals surface area contributed by atoms with Crippen LogP contribution in [0.3, 0.4) is 0 Å². The minimum atomic E-state index is -1.07. The van der Waals surface area contributed by atoms with Crippen LogP contribution in [0.1, 0.15) is 48.7 Å². The SMILES string of the molecule is CCC(=O)c1cccnc1C1CC1(Nc1cccc(-c2ncn(CC)n2)c1OC)C(N)=O. The lowest BCUT2D eigenvalue weighted by molar-refractivity contribution is -0.119. The predicted molar refractivity (Wildman–Crippen MR) is 119 cm³/mol. The van der Waals surface area contributed by atoms with Crippen molar-refractivity contribution in [3.8, 4) is 17.1 Å². The molecule has 2 unspecified atom stereocenters. The zero-order valence-corrected chi connectivity index (χ0v) is 18.3. The van der Waals surface area contributed by atoms with Gasteiger partial charge in [0.2, 0.25) is 5.91 Å². The maximum atomic E-state index is 12.6. The maximum Gasteiger partial charge on any atom is 0.243 e. The number of nitrogens with one attached hydrogen (secondary N) is 1. The van der Waals surface area contributed by atoms with Crippen LogP contribution in [0, 0.1) is 0 Å². The number of para-hydroxylation sites is 1. The first kappa shape index (κ1) is 21.5. The van der Waals surface area contributed by atoms with Gasteiger partial charge in [-0.25, -0.2) is 4.98 Å². The number of carbonyl (C=O) groups is 2. The molecule has 0 saturated heterocycles. The molecule has 32 heavy (non-hydrogen) atoms. The average molecular weight is 435 g/mol. The van der Waals surface area contributed by atoms with E-state index >= 15 is 0 Å². The van der Waals surface area contributed by atoms with Gasteiger partial charge in [-0.1, -0.05) is 13.0 Å². The largest absolute Gasteiger partial charge is 0.494 e. The Balaban J connectivity index is 1.71. The summed E-state index contributed by atoms with van der Waals surface area (Å²) < 4.78 is 7.40. The number of aromatic nitrogens is 4. The summed E-state index contributed by atoms with van der Waals surface area (Å²) in [5.41, 5.74) is 7.18. The lowest BCUT2D eigenvalue weighted by atomic mass is 10.0. The van der Waals surface area contributed by atoms with Crippen LogP contribution < -0.4 is 15.8 Å². The van der Waals surface area contributed by atoms with Crippen molar-refractivity contribution in [3.05, 3.63) is 54.1 Å². The molecule has 166 valence electrons. The predicted octanol–water partition coefficient (Wildman–Crippen LogP) is 2.78. The topological polar surface area (TPSA) is 125 Å². The first-order valence-corrected chi connectivity index (χ1v) is 10.6. The smallest absolute Gasteiger partial charge is 0.243 e. The second kappa shape index (κ2) is 8.41. The van der Waals surface area contributed by atoms with E-state index in [1.54, 1.807) is 43.4 Å². The van der Waals surface area contributed by atoms with E-state index in [-0.39, 0.29) is 11.7 Å². The molecule has 0 radical (unpaired) electrons. The Kier molecular flexibility index (Phi) is 5.65. The molecular weight excluding hydrogens is 408 g/mol. The Hall–Kier alpha value is -3.75. The van der Waals surface area contributed by atoms with Crippen LogP contribution in [0.5, 0.6) is 5.75 Å². The van der Waals surface area contributed by atoms with Crippen molar-refractivity contribution in [2.24, 2.45) is 5.73 Å². The molecule has 3 N–H and O–H groups in total. The Bertz CT molecular complexity index is 1170. The highest BCUT2D eigenvalue weighted by atomic mass is 16.5. The fraction of sp³-hybridized carbons (Fsp3) is 0.348. The van der Waals surface area contributed by atoms with Gasteiger partial charge in [0, 0.05) is 30.6 Å². The number of Topliss-reactive ketones (excluding diaryl/α,β-unsaturated/α-hetero) is 1. The lowest BCUT2D eigenvalue weighted by Crippen LogP contribution is -2.39. The summed E-state index contributed by atoms with van der Waals surface area (Å²) in [4.78, 5) is 33.8. The number of hydrogen-bond acceptors (Lipinski definition) is 7. The van der Waals surface area contributed by atoms with Crippen molar-refractivity contribution >= 4 is 17.4 Å². The van der Waals surface area contributed by atoms with Gasteiger partial charge >= 0.3 is 0 Å². The number of carbonyl (C=O) groups excluding carboxylic acids is 2.